The van der Waals surface area contributed by atoms with Gasteiger partial charge >= 0.3 is 0 Å². The van der Waals surface area contributed by atoms with E-state index in [-0.39, 0.29) is 11.7 Å². The highest BCUT2D eigenvalue weighted by Crippen LogP contribution is 2.32. The van der Waals surface area contributed by atoms with Gasteiger partial charge in [0.15, 0.2) is 0 Å². The maximum atomic E-state index is 13.1. The van der Waals surface area contributed by atoms with Gasteiger partial charge in [-0.2, -0.15) is 0 Å². The molecule has 0 spiro atoms. The number of halogens is 1. The van der Waals surface area contributed by atoms with Gasteiger partial charge in [-0.1, -0.05) is 12.5 Å². The molecule has 1 N–H and O–H groups in total. The second-order valence-corrected chi connectivity index (χ2v) is 5.84. The Morgan fingerprint density at radius 3 is 2.90 bits per heavy atom. The molecule has 108 valence electrons. The van der Waals surface area contributed by atoms with E-state index < -0.39 is 0 Å². The fraction of sp³-hybridized carbons (Fsp3) is 0.562. The van der Waals surface area contributed by atoms with Crippen LogP contribution in [0.2, 0.25) is 0 Å². The number of nitrogens with zero attached hydrogens (tertiary/aromatic N) is 1. The van der Waals surface area contributed by atoms with Crippen molar-refractivity contribution in [1.29, 1.82) is 0 Å². The molecule has 0 aromatic heterocycles. The van der Waals surface area contributed by atoms with Crippen molar-refractivity contribution in [3.05, 3.63) is 35.6 Å². The van der Waals surface area contributed by atoms with Crippen molar-refractivity contribution in [2.24, 2.45) is 0 Å². The van der Waals surface area contributed by atoms with Gasteiger partial charge in [0, 0.05) is 24.2 Å². The van der Waals surface area contributed by atoms with E-state index in [0.717, 1.165) is 19.0 Å². The fourth-order valence-electron chi connectivity index (χ4n) is 3.07. The molecule has 1 heterocycles. The molecule has 2 fully saturated rings. The van der Waals surface area contributed by atoms with Crippen LogP contribution in [0.4, 0.5) is 4.39 Å². The van der Waals surface area contributed by atoms with Crippen LogP contribution in [0.25, 0.3) is 0 Å². The minimum Gasteiger partial charge on any atom is -0.350 e. The molecule has 1 aromatic carbocycles. The molecule has 4 heteroatoms. The van der Waals surface area contributed by atoms with Crippen LogP contribution in [0, 0.1) is 5.82 Å². The zero-order valence-corrected chi connectivity index (χ0v) is 11.6. The summed E-state index contributed by atoms with van der Waals surface area (Å²) in [6.07, 6.45) is 6.26. The second-order valence-electron chi connectivity index (χ2n) is 5.84. The number of carbonyl (C=O) groups is 1. The summed E-state index contributed by atoms with van der Waals surface area (Å²) >= 11 is 0. The van der Waals surface area contributed by atoms with Crippen LogP contribution in [-0.2, 0) is 0 Å². The molecule has 0 radical (unpaired) electrons. The molecule has 1 saturated carbocycles. The summed E-state index contributed by atoms with van der Waals surface area (Å²) in [6, 6.07) is 7.06. The lowest BCUT2D eigenvalue weighted by atomic mass is 10.0. The van der Waals surface area contributed by atoms with Gasteiger partial charge in [-0.05, 0) is 50.4 Å². The predicted molar refractivity (Wildman–Crippen MR) is 76.1 cm³/mol. The van der Waals surface area contributed by atoms with Crippen LogP contribution >= 0.6 is 0 Å². The number of likely N-dealkylation sites (tertiary alicyclic amines) is 1. The first kappa shape index (κ1) is 13.6. The molecule has 1 unspecified atom stereocenters. The number of hydrogen-bond donors (Lipinski definition) is 1. The van der Waals surface area contributed by atoms with Crippen molar-refractivity contribution in [2.45, 2.75) is 44.2 Å². The Morgan fingerprint density at radius 1 is 1.30 bits per heavy atom. The summed E-state index contributed by atoms with van der Waals surface area (Å²) in [5, 5.41) is 2.96. The lowest BCUT2D eigenvalue weighted by Gasteiger charge is -2.36. The van der Waals surface area contributed by atoms with E-state index in [1.807, 2.05) is 0 Å². The summed E-state index contributed by atoms with van der Waals surface area (Å²) in [5.41, 5.74) is 0.402. The van der Waals surface area contributed by atoms with E-state index in [0.29, 0.717) is 18.2 Å². The first-order valence-corrected chi connectivity index (χ1v) is 7.53. The van der Waals surface area contributed by atoms with Crippen molar-refractivity contribution in [1.82, 2.24) is 10.2 Å². The molecule has 1 aliphatic carbocycles. The molecule has 3 nitrogen and oxygen atoms in total. The SMILES string of the molecule is O=C(NCC1CCCCN1C1CC1)c1cccc(F)c1. The Kier molecular flexibility index (Phi) is 4.01. The molecule has 2 aliphatic rings. The third kappa shape index (κ3) is 3.18. The van der Waals surface area contributed by atoms with Gasteiger partial charge < -0.3 is 5.32 Å². The molecule has 1 aromatic rings. The van der Waals surface area contributed by atoms with Gasteiger partial charge in [-0.25, -0.2) is 4.39 Å². The van der Waals surface area contributed by atoms with E-state index in [1.54, 1.807) is 12.1 Å². The monoisotopic (exact) mass is 276 g/mol. The van der Waals surface area contributed by atoms with Crippen LogP contribution < -0.4 is 5.32 Å². The van der Waals surface area contributed by atoms with Gasteiger partial charge in [0.1, 0.15) is 5.82 Å². The molecule has 1 saturated heterocycles. The van der Waals surface area contributed by atoms with E-state index in [2.05, 4.69) is 10.2 Å². The van der Waals surface area contributed by atoms with Crippen molar-refractivity contribution >= 4 is 5.91 Å². The average molecular weight is 276 g/mol. The number of hydrogen-bond acceptors (Lipinski definition) is 2. The molecule has 3 rings (SSSR count). The quantitative estimate of drug-likeness (QED) is 0.916. The Bertz CT molecular complexity index is 487. The van der Waals surface area contributed by atoms with Crippen molar-refractivity contribution < 1.29 is 9.18 Å². The third-order valence-electron chi connectivity index (χ3n) is 4.27. The Labute approximate surface area is 119 Å². The van der Waals surface area contributed by atoms with Crippen LogP contribution in [0.1, 0.15) is 42.5 Å². The molecule has 1 amide bonds. The van der Waals surface area contributed by atoms with Gasteiger partial charge in [0.2, 0.25) is 0 Å². The van der Waals surface area contributed by atoms with Gasteiger partial charge in [-0.15, -0.1) is 0 Å². The topological polar surface area (TPSA) is 32.3 Å². The van der Waals surface area contributed by atoms with Gasteiger partial charge in [0.05, 0.1) is 0 Å². The summed E-state index contributed by atoms with van der Waals surface area (Å²) in [6.45, 7) is 1.83. The number of piperidine rings is 1. The fourth-order valence-corrected chi connectivity index (χ4v) is 3.07. The molecular formula is C16H21FN2O. The lowest BCUT2D eigenvalue weighted by Crippen LogP contribution is -2.47. The maximum absolute atomic E-state index is 13.1. The zero-order chi connectivity index (χ0) is 13.9. The number of nitrogens with one attached hydrogen (secondary N) is 1. The highest BCUT2D eigenvalue weighted by Gasteiger charge is 2.35. The Balaban J connectivity index is 1.56. The number of amides is 1. The first-order chi connectivity index (χ1) is 9.74. The second kappa shape index (κ2) is 5.92. The summed E-state index contributed by atoms with van der Waals surface area (Å²) in [5.74, 6) is -0.541. The minimum absolute atomic E-state index is 0.175. The summed E-state index contributed by atoms with van der Waals surface area (Å²) < 4.78 is 13.1. The van der Waals surface area contributed by atoms with Crippen molar-refractivity contribution in [2.75, 3.05) is 13.1 Å². The van der Waals surface area contributed by atoms with E-state index in [1.165, 1.54) is 37.8 Å². The Morgan fingerprint density at radius 2 is 2.15 bits per heavy atom. The van der Waals surface area contributed by atoms with Gasteiger partial charge in [-0.3, -0.25) is 9.69 Å². The number of rotatable bonds is 4. The van der Waals surface area contributed by atoms with Crippen LogP contribution in [0.15, 0.2) is 24.3 Å². The van der Waals surface area contributed by atoms with Gasteiger partial charge in [0.25, 0.3) is 5.91 Å². The summed E-state index contributed by atoms with van der Waals surface area (Å²) in [4.78, 5) is 14.6. The molecule has 1 aliphatic heterocycles. The van der Waals surface area contributed by atoms with E-state index in [9.17, 15) is 9.18 Å². The van der Waals surface area contributed by atoms with Crippen molar-refractivity contribution in [3.63, 3.8) is 0 Å². The van der Waals surface area contributed by atoms with E-state index >= 15 is 0 Å². The molecule has 0 bridgehead atoms. The standard InChI is InChI=1S/C16H21FN2O/c17-13-5-3-4-12(10-13)16(20)18-11-15-6-1-2-9-19(15)14-7-8-14/h3-5,10,14-15H,1-2,6-9,11H2,(H,18,20). The van der Waals surface area contributed by atoms with Crippen molar-refractivity contribution in [3.8, 4) is 0 Å². The smallest absolute Gasteiger partial charge is 0.251 e. The van der Waals surface area contributed by atoms with Crippen LogP contribution in [0.5, 0.6) is 0 Å². The number of benzene rings is 1. The van der Waals surface area contributed by atoms with Crippen LogP contribution in [-0.4, -0.2) is 36.0 Å². The normalized spacial score (nSPS) is 23.6. The largest absolute Gasteiger partial charge is 0.350 e. The minimum atomic E-state index is -0.366. The molecule has 1 atom stereocenters. The summed E-state index contributed by atoms with van der Waals surface area (Å²) in [7, 11) is 0. The molecule has 20 heavy (non-hydrogen) atoms. The van der Waals surface area contributed by atoms with Crippen LogP contribution in [0.3, 0.4) is 0 Å². The highest BCUT2D eigenvalue weighted by molar-refractivity contribution is 5.94. The molecular weight excluding hydrogens is 255 g/mol. The van der Waals surface area contributed by atoms with E-state index in [4.69, 9.17) is 0 Å². The highest BCUT2D eigenvalue weighted by atomic mass is 19.1. The average Bonchev–Trinajstić information content (AvgIpc) is 3.29. The Hall–Kier alpha value is -1.42. The first-order valence-electron chi connectivity index (χ1n) is 7.53. The number of carbonyl (C=O) groups excluding carboxylic acids is 1. The third-order valence-corrected chi connectivity index (χ3v) is 4.27. The predicted octanol–water partition coefficient (Wildman–Crippen LogP) is 2.57. The lowest BCUT2D eigenvalue weighted by molar-refractivity contribution is 0.0906. The zero-order valence-electron chi connectivity index (χ0n) is 11.6. The maximum Gasteiger partial charge on any atom is 0.251 e.